The summed E-state index contributed by atoms with van der Waals surface area (Å²) in [6.45, 7) is 2.00. The Balaban J connectivity index is 1.85. The van der Waals surface area contributed by atoms with Crippen LogP contribution >= 0.6 is 0 Å². The number of nitrogens with zero attached hydrogens (tertiary/aromatic N) is 3. The van der Waals surface area contributed by atoms with Gasteiger partial charge in [0.25, 0.3) is 0 Å². The van der Waals surface area contributed by atoms with Crippen molar-refractivity contribution in [2.45, 2.75) is 25.9 Å². The maximum absolute atomic E-state index is 12.6. The van der Waals surface area contributed by atoms with Crippen molar-refractivity contribution in [2.75, 3.05) is 0 Å². The molecule has 1 aromatic carbocycles. The van der Waals surface area contributed by atoms with Gasteiger partial charge in [-0.25, -0.2) is 4.98 Å². The molecule has 5 nitrogen and oxygen atoms in total. The molecule has 2 aromatic heterocycles. The van der Waals surface area contributed by atoms with Crippen LogP contribution in [-0.4, -0.2) is 15.1 Å². The highest BCUT2D eigenvalue weighted by atomic mass is 19.4. The van der Waals surface area contributed by atoms with Gasteiger partial charge in [0, 0.05) is 18.7 Å². The normalized spacial score (nSPS) is 11.5. The lowest BCUT2D eigenvalue weighted by Crippen LogP contribution is -2.05. The summed E-state index contributed by atoms with van der Waals surface area (Å²) < 4.78 is 48.5. The number of pyridine rings is 1. The number of alkyl halides is 3. The van der Waals surface area contributed by atoms with Crippen molar-refractivity contribution in [3.63, 3.8) is 0 Å². The molecule has 0 spiro atoms. The summed E-state index contributed by atoms with van der Waals surface area (Å²) in [5, 5.41) is 3.92. The number of halogens is 3. The first-order chi connectivity index (χ1) is 12.0. The zero-order valence-corrected chi connectivity index (χ0v) is 13.2. The summed E-state index contributed by atoms with van der Waals surface area (Å²) in [6.07, 6.45) is -2.18. The van der Waals surface area contributed by atoms with Crippen molar-refractivity contribution >= 4 is 0 Å². The van der Waals surface area contributed by atoms with E-state index in [9.17, 15) is 13.2 Å². The molecular weight excluding hydrogens is 335 g/mol. The van der Waals surface area contributed by atoms with E-state index < -0.39 is 11.7 Å². The maximum Gasteiger partial charge on any atom is 0.417 e. The zero-order chi connectivity index (χ0) is 17.9. The van der Waals surface area contributed by atoms with Gasteiger partial charge in [0.1, 0.15) is 5.75 Å². The number of para-hydroxylation sites is 1. The first kappa shape index (κ1) is 16.9. The van der Waals surface area contributed by atoms with Crippen molar-refractivity contribution in [3.8, 4) is 23.0 Å². The molecule has 0 amide bonds. The van der Waals surface area contributed by atoms with Crippen LogP contribution in [0.1, 0.15) is 24.8 Å². The van der Waals surface area contributed by atoms with E-state index in [1.807, 2.05) is 6.92 Å². The van der Waals surface area contributed by atoms with E-state index in [0.717, 1.165) is 18.7 Å². The number of aromatic nitrogens is 3. The predicted octanol–water partition coefficient (Wildman–Crippen LogP) is 4.90. The highest BCUT2D eigenvalue weighted by Crippen LogP contribution is 2.33. The molecule has 0 radical (unpaired) electrons. The van der Waals surface area contributed by atoms with Gasteiger partial charge in [0.05, 0.1) is 11.1 Å². The quantitative estimate of drug-likeness (QED) is 0.656. The Hall–Kier alpha value is -2.90. The van der Waals surface area contributed by atoms with Gasteiger partial charge in [-0.05, 0) is 24.6 Å². The number of rotatable bonds is 5. The van der Waals surface area contributed by atoms with Crippen LogP contribution in [-0.2, 0) is 12.6 Å². The fraction of sp³-hybridized carbons (Fsp3) is 0.235. The molecule has 0 atom stereocenters. The van der Waals surface area contributed by atoms with Gasteiger partial charge in [-0.1, -0.05) is 24.2 Å². The van der Waals surface area contributed by atoms with Crippen LogP contribution < -0.4 is 4.74 Å². The second-order valence-electron chi connectivity index (χ2n) is 5.24. The van der Waals surface area contributed by atoms with E-state index in [1.54, 1.807) is 24.3 Å². The van der Waals surface area contributed by atoms with Gasteiger partial charge in [-0.15, -0.1) is 0 Å². The molecule has 25 heavy (non-hydrogen) atoms. The summed E-state index contributed by atoms with van der Waals surface area (Å²) >= 11 is 0. The molecule has 130 valence electrons. The Morgan fingerprint density at radius 1 is 1.12 bits per heavy atom. The predicted molar refractivity (Wildman–Crippen MR) is 83.0 cm³/mol. The van der Waals surface area contributed by atoms with Crippen LogP contribution in [0.25, 0.3) is 11.4 Å². The van der Waals surface area contributed by atoms with Crippen molar-refractivity contribution in [1.82, 2.24) is 15.1 Å². The minimum atomic E-state index is -4.44. The Labute approximate surface area is 141 Å². The Morgan fingerprint density at radius 3 is 2.60 bits per heavy atom. The highest BCUT2D eigenvalue weighted by molar-refractivity contribution is 5.64. The number of benzene rings is 1. The minimum absolute atomic E-state index is 0.0396. The van der Waals surface area contributed by atoms with E-state index in [1.165, 1.54) is 6.07 Å². The molecule has 0 aliphatic carbocycles. The monoisotopic (exact) mass is 349 g/mol. The molecule has 0 aliphatic rings. The van der Waals surface area contributed by atoms with Gasteiger partial charge in [0.2, 0.25) is 17.6 Å². The smallest absolute Gasteiger partial charge is 0.417 e. The molecule has 8 heteroatoms. The first-order valence-electron chi connectivity index (χ1n) is 7.60. The molecule has 3 rings (SSSR count). The standard InChI is InChI=1S/C17H14F3N3O2/c1-2-5-15-22-16(23-25-15)12-6-3-4-7-13(12)24-14-9-8-11(10-21-14)17(18,19)20/h3-4,6-10H,2,5H2,1H3. The first-order valence-corrected chi connectivity index (χ1v) is 7.60. The van der Waals surface area contributed by atoms with Gasteiger partial charge in [-0.2, -0.15) is 18.2 Å². The van der Waals surface area contributed by atoms with Gasteiger partial charge in [-0.3, -0.25) is 0 Å². The average Bonchev–Trinajstić information content (AvgIpc) is 3.04. The van der Waals surface area contributed by atoms with Gasteiger partial charge >= 0.3 is 6.18 Å². The summed E-state index contributed by atoms with van der Waals surface area (Å²) in [5.41, 5.74) is -0.272. The lowest BCUT2D eigenvalue weighted by molar-refractivity contribution is -0.137. The second kappa shape index (κ2) is 6.92. The van der Waals surface area contributed by atoms with E-state index in [2.05, 4.69) is 15.1 Å². The third-order valence-corrected chi connectivity index (χ3v) is 3.34. The number of aryl methyl sites for hydroxylation is 1. The molecule has 3 aromatic rings. The maximum atomic E-state index is 12.6. The van der Waals surface area contributed by atoms with E-state index in [0.29, 0.717) is 29.4 Å². The van der Waals surface area contributed by atoms with Crippen molar-refractivity contribution in [1.29, 1.82) is 0 Å². The lowest BCUT2D eigenvalue weighted by Gasteiger charge is -2.09. The molecule has 2 heterocycles. The molecule has 0 saturated heterocycles. The largest absolute Gasteiger partial charge is 0.438 e. The molecule has 0 unspecified atom stereocenters. The fourth-order valence-corrected chi connectivity index (χ4v) is 2.14. The van der Waals surface area contributed by atoms with E-state index in [4.69, 9.17) is 9.26 Å². The van der Waals surface area contributed by atoms with Crippen LogP contribution in [0.2, 0.25) is 0 Å². The minimum Gasteiger partial charge on any atom is -0.438 e. The molecule has 0 saturated carbocycles. The fourth-order valence-electron chi connectivity index (χ4n) is 2.14. The lowest BCUT2D eigenvalue weighted by atomic mass is 10.2. The summed E-state index contributed by atoms with van der Waals surface area (Å²) in [4.78, 5) is 8.00. The van der Waals surface area contributed by atoms with Crippen LogP contribution in [0.5, 0.6) is 11.6 Å². The summed E-state index contributed by atoms with van der Waals surface area (Å²) in [6, 6.07) is 8.98. The average molecular weight is 349 g/mol. The Kier molecular flexibility index (Phi) is 4.69. The van der Waals surface area contributed by atoms with E-state index in [-0.39, 0.29) is 5.88 Å². The van der Waals surface area contributed by atoms with Gasteiger partial charge in [0.15, 0.2) is 0 Å². The SMILES string of the molecule is CCCc1nc(-c2ccccc2Oc2ccc(C(F)(F)F)cn2)no1. The van der Waals surface area contributed by atoms with Crippen LogP contribution in [0.4, 0.5) is 13.2 Å². The Bertz CT molecular complexity index is 845. The van der Waals surface area contributed by atoms with Crippen LogP contribution in [0, 0.1) is 0 Å². The van der Waals surface area contributed by atoms with Crippen molar-refractivity contribution in [3.05, 3.63) is 54.0 Å². The number of hydrogen-bond donors (Lipinski definition) is 0. The van der Waals surface area contributed by atoms with Crippen LogP contribution in [0.15, 0.2) is 47.1 Å². The summed E-state index contributed by atoms with van der Waals surface area (Å²) in [7, 11) is 0. The molecule has 0 fully saturated rings. The zero-order valence-electron chi connectivity index (χ0n) is 13.2. The number of ether oxygens (including phenoxy) is 1. The van der Waals surface area contributed by atoms with Crippen molar-refractivity contribution in [2.24, 2.45) is 0 Å². The third-order valence-electron chi connectivity index (χ3n) is 3.34. The van der Waals surface area contributed by atoms with Gasteiger partial charge < -0.3 is 9.26 Å². The van der Waals surface area contributed by atoms with E-state index >= 15 is 0 Å². The number of hydrogen-bond acceptors (Lipinski definition) is 5. The molecule has 0 bridgehead atoms. The molecular formula is C17H14F3N3O2. The van der Waals surface area contributed by atoms with Crippen LogP contribution in [0.3, 0.4) is 0 Å². The summed E-state index contributed by atoms with van der Waals surface area (Å²) in [5.74, 6) is 1.28. The van der Waals surface area contributed by atoms with Crippen molar-refractivity contribution < 1.29 is 22.4 Å². The Morgan fingerprint density at radius 2 is 1.92 bits per heavy atom. The second-order valence-corrected chi connectivity index (χ2v) is 5.24. The topological polar surface area (TPSA) is 61.0 Å². The molecule has 0 aliphatic heterocycles. The third kappa shape index (κ3) is 3.96. The molecule has 0 N–H and O–H groups in total. The highest BCUT2D eigenvalue weighted by Gasteiger charge is 2.30.